The molecular weight excluding hydrogens is 450 g/mol. The van der Waals surface area contributed by atoms with Crippen molar-refractivity contribution in [1.82, 2.24) is 4.90 Å². The van der Waals surface area contributed by atoms with E-state index in [1.807, 2.05) is 0 Å². The van der Waals surface area contributed by atoms with E-state index in [2.05, 4.69) is 4.90 Å². The summed E-state index contributed by atoms with van der Waals surface area (Å²) in [4.78, 5) is 15.1. The van der Waals surface area contributed by atoms with Crippen molar-refractivity contribution in [2.75, 3.05) is 24.5 Å². The van der Waals surface area contributed by atoms with E-state index in [1.54, 1.807) is 12.1 Å². The molecule has 0 saturated carbocycles. The van der Waals surface area contributed by atoms with Crippen LogP contribution in [-0.2, 0) is 18.8 Å². The third-order valence-electron chi connectivity index (χ3n) is 6.96. The normalized spacial score (nSPS) is 22.2. The Kier molecular flexibility index (Phi) is 4.84. The van der Waals surface area contributed by atoms with Crippen LogP contribution in [0, 0.1) is 0 Å². The van der Waals surface area contributed by atoms with Crippen molar-refractivity contribution in [2.24, 2.45) is 0 Å². The Morgan fingerprint density at radius 1 is 1.00 bits per heavy atom. The average Bonchev–Trinajstić information content (AvgIpc) is 3.07. The number of piperidine rings is 1. The largest absolute Gasteiger partial charge is 0.465 e. The zero-order valence-electron chi connectivity index (χ0n) is 17.3. The molecule has 1 amide bonds. The SMILES string of the molecule is O=C(O)N1CC[C@H]2[C@@H](C1)c1cc(-c3ccc(C(F)(F)F)cc3C(F)(F)F)cc3c1N2CCC3. The molecule has 176 valence electrons. The van der Waals surface area contributed by atoms with Crippen LogP contribution in [0.4, 0.5) is 36.8 Å². The van der Waals surface area contributed by atoms with Crippen LogP contribution in [0.3, 0.4) is 0 Å². The molecular formula is C23H20F6N2O2. The monoisotopic (exact) mass is 470 g/mol. The first-order valence-corrected chi connectivity index (χ1v) is 10.7. The highest BCUT2D eigenvalue weighted by molar-refractivity contribution is 5.78. The third-order valence-corrected chi connectivity index (χ3v) is 6.96. The summed E-state index contributed by atoms with van der Waals surface area (Å²) in [6.45, 7) is 1.42. The van der Waals surface area contributed by atoms with Crippen LogP contribution in [0.5, 0.6) is 0 Å². The average molecular weight is 470 g/mol. The molecule has 3 aliphatic heterocycles. The molecule has 0 aliphatic carbocycles. The smallest absolute Gasteiger partial charge is 0.417 e. The Bertz CT molecular complexity index is 1130. The Labute approximate surface area is 185 Å². The molecule has 2 aromatic carbocycles. The minimum Gasteiger partial charge on any atom is -0.465 e. The van der Waals surface area contributed by atoms with Crippen LogP contribution in [0.1, 0.15) is 41.0 Å². The summed E-state index contributed by atoms with van der Waals surface area (Å²) in [5.41, 5.74) is -0.183. The second-order valence-electron chi connectivity index (χ2n) is 8.82. The highest BCUT2D eigenvalue weighted by Gasteiger charge is 2.45. The number of rotatable bonds is 1. The van der Waals surface area contributed by atoms with Crippen molar-refractivity contribution in [3.8, 4) is 11.1 Å². The van der Waals surface area contributed by atoms with E-state index < -0.39 is 29.6 Å². The summed E-state index contributed by atoms with van der Waals surface area (Å²) >= 11 is 0. The number of benzene rings is 2. The van der Waals surface area contributed by atoms with E-state index in [9.17, 15) is 36.2 Å². The van der Waals surface area contributed by atoms with Gasteiger partial charge in [-0.15, -0.1) is 0 Å². The topological polar surface area (TPSA) is 43.8 Å². The minimum atomic E-state index is -4.97. The predicted molar refractivity (Wildman–Crippen MR) is 108 cm³/mol. The van der Waals surface area contributed by atoms with Crippen molar-refractivity contribution in [3.63, 3.8) is 0 Å². The van der Waals surface area contributed by atoms with Gasteiger partial charge in [0.05, 0.1) is 11.1 Å². The fourth-order valence-electron chi connectivity index (χ4n) is 5.58. The fourth-order valence-corrected chi connectivity index (χ4v) is 5.58. The van der Waals surface area contributed by atoms with Gasteiger partial charge in [0.25, 0.3) is 0 Å². The minimum absolute atomic E-state index is 0.0691. The van der Waals surface area contributed by atoms with Crippen LogP contribution < -0.4 is 4.90 Å². The first-order valence-electron chi connectivity index (χ1n) is 10.7. The molecule has 33 heavy (non-hydrogen) atoms. The van der Waals surface area contributed by atoms with E-state index in [-0.39, 0.29) is 35.7 Å². The van der Waals surface area contributed by atoms with Gasteiger partial charge >= 0.3 is 18.4 Å². The van der Waals surface area contributed by atoms with Crippen LogP contribution in [0.25, 0.3) is 11.1 Å². The number of hydrogen-bond acceptors (Lipinski definition) is 2. The number of anilines is 1. The Hall–Kier alpha value is -2.91. The van der Waals surface area contributed by atoms with Crippen molar-refractivity contribution in [2.45, 2.75) is 43.6 Å². The number of carboxylic acid groups (broad SMARTS) is 1. The highest BCUT2D eigenvalue weighted by atomic mass is 19.4. The first-order chi connectivity index (χ1) is 15.4. The van der Waals surface area contributed by atoms with Gasteiger partial charge in [0, 0.05) is 37.3 Å². The maximum atomic E-state index is 13.8. The van der Waals surface area contributed by atoms with Crippen molar-refractivity contribution in [3.05, 3.63) is 52.6 Å². The summed E-state index contributed by atoms with van der Waals surface area (Å²) in [7, 11) is 0. The lowest BCUT2D eigenvalue weighted by atomic mass is 9.86. The third kappa shape index (κ3) is 3.59. The number of nitrogens with zero attached hydrogens (tertiary/aromatic N) is 2. The van der Waals surface area contributed by atoms with E-state index >= 15 is 0 Å². The Morgan fingerprint density at radius 2 is 1.76 bits per heavy atom. The number of alkyl halides is 6. The maximum Gasteiger partial charge on any atom is 0.417 e. The van der Waals surface area contributed by atoms with Gasteiger partial charge in [0.1, 0.15) is 0 Å². The lowest BCUT2D eigenvalue weighted by Crippen LogP contribution is -2.48. The predicted octanol–water partition coefficient (Wildman–Crippen LogP) is 5.99. The lowest BCUT2D eigenvalue weighted by Gasteiger charge is -2.39. The first kappa shape index (κ1) is 21.9. The number of fused-ring (bicyclic) bond motifs is 3. The number of amides is 1. The van der Waals surface area contributed by atoms with Crippen LogP contribution in [0.15, 0.2) is 30.3 Å². The van der Waals surface area contributed by atoms with Gasteiger partial charge in [-0.3, -0.25) is 0 Å². The molecule has 0 spiro atoms. The summed E-state index contributed by atoms with van der Waals surface area (Å²) in [5, 5.41) is 9.44. The quantitative estimate of drug-likeness (QED) is 0.521. The number of aryl methyl sites for hydroxylation is 1. The summed E-state index contributed by atoms with van der Waals surface area (Å²) < 4.78 is 80.7. The van der Waals surface area contributed by atoms with Gasteiger partial charge in [-0.05, 0) is 65.8 Å². The molecule has 1 N–H and O–H groups in total. The molecule has 0 bridgehead atoms. The fraction of sp³-hybridized carbons (Fsp3) is 0.435. The standard InChI is InChI=1S/C23H20F6N2O2/c24-22(25,26)14-3-4-15(18(10-14)23(27,28)29)13-8-12-2-1-6-31-19-5-7-30(21(32)33)11-17(19)16(9-13)20(12)31/h3-4,8-10,17,19H,1-2,5-7,11H2,(H,32,33)/t17-,19-/m0/s1. The molecule has 1 fully saturated rings. The number of halogens is 6. The second kappa shape index (κ2) is 7.30. The van der Waals surface area contributed by atoms with E-state index in [0.717, 1.165) is 35.8 Å². The van der Waals surface area contributed by atoms with Crippen LogP contribution in [0.2, 0.25) is 0 Å². The molecule has 1 saturated heterocycles. The van der Waals surface area contributed by atoms with Crippen LogP contribution in [-0.4, -0.2) is 41.8 Å². The number of carbonyl (C=O) groups is 1. The van der Waals surface area contributed by atoms with Gasteiger partial charge in [-0.2, -0.15) is 26.3 Å². The van der Waals surface area contributed by atoms with Gasteiger partial charge in [-0.25, -0.2) is 4.79 Å². The van der Waals surface area contributed by atoms with E-state index in [1.165, 1.54) is 4.90 Å². The summed E-state index contributed by atoms with van der Waals surface area (Å²) in [6, 6.07) is 5.05. The van der Waals surface area contributed by atoms with Crippen molar-refractivity contribution >= 4 is 11.8 Å². The van der Waals surface area contributed by atoms with Gasteiger partial charge in [-0.1, -0.05) is 6.07 Å². The Balaban J connectivity index is 1.66. The van der Waals surface area contributed by atoms with E-state index in [0.29, 0.717) is 25.5 Å². The summed E-state index contributed by atoms with van der Waals surface area (Å²) in [5.74, 6) is -0.189. The molecule has 0 radical (unpaired) electrons. The van der Waals surface area contributed by atoms with Crippen molar-refractivity contribution in [1.29, 1.82) is 0 Å². The molecule has 3 aliphatic rings. The zero-order valence-corrected chi connectivity index (χ0v) is 17.3. The molecule has 2 aromatic rings. The summed E-state index contributed by atoms with van der Waals surface area (Å²) in [6.07, 6.45) is -8.82. The van der Waals surface area contributed by atoms with Gasteiger partial charge < -0.3 is 14.9 Å². The molecule has 4 nitrogen and oxygen atoms in total. The molecule has 2 atom stereocenters. The molecule has 0 aromatic heterocycles. The van der Waals surface area contributed by atoms with Gasteiger partial charge in [0.2, 0.25) is 0 Å². The van der Waals surface area contributed by atoms with Crippen LogP contribution >= 0.6 is 0 Å². The number of likely N-dealkylation sites (tertiary alicyclic amines) is 1. The second-order valence-corrected chi connectivity index (χ2v) is 8.82. The zero-order chi connectivity index (χ0) is 23.7. The van der Waals surface area contributed by atoms with Gasteiger partial charge in [0.15, 0.2) is 0 Å². The lowest BCUT2D eigenvalue weighted by molar-refractivity contribution is -0.142. The molecule has 0 unspecified atom stereocenters. The highest BCUT2D eigenvalue weighted by Crippen LogP contribution is 2.51. The maximum absolute atomic E-state index is 13.8. The molecule has 5 rings (SSSR count). The van der Waals surface area contributed by atoms with Crippen molar-refractivity contribution < 1.29 is 36.2 Å². The Morgan fingerprint density at radius 3 is 2.42 bits per heavy atom. The van der Waals surface area contributed by atoms with E-state index in [4.69, 9.17) is 0 Å². The molecule has 10 heteroatoms. The molecule has 3 heterocycles. The number of hydrogen-bond donors (Lipinski definition) is 1.